The molecule has 0 aliphatic rings. The average molecular weight is 323 g/mol. The van der Waals surface area contributed by atoms with Gasteiger partial charge in [0.15, 0.2) is 14.2 Å². The van der Waals surface area contributed by atoms with Crippen LogP contribution in [0.2, 0.25) is 0 Å². The molecule has 0 aliphatic carbocycles. The highest BCUT2D eigenvalue weighted by Gasteiger charge is 2.12. The highest BCUT2D eigenvalue weighted by molar-refractivity contribution is 8.01. The van der Waals surface area contributed by atoms with Crippen molar-refractivity contribution in [2.45, 2.75) is 14.3 Å². The molecule has 3 rings (SSSR count). The molecule has 0 spiro atoms. The first-order valence-corrected chi connectivity index (χ1v) is 9.15. The largest absolute Gasteiger partial charge is 0.238 e. The van der Waals surface area contributed by atoms with E-state index in [1.807, 2.05) is 5.38 Å². The van der Waals surface area contributed by atoms with E-state index in [1.165, 1.54) is 35.7 Å². The number of nitrogens with zero attached hydrogens (tertiary/aromatic N) is 3. The van der Waals surface area contributed by atoms with Crippen molar-refractivity contribution in [1.29, 1.82) is 0 Å². The van der Waals surface area contributed by atoms with Gasteiger partial charge in [-0.25, -0.2) is 23.4 Å². The molecule has 0 atom stereocenters. The van der Waals surface area contributed by atoms with E-state index in [-0.39, 0.29) is 4.90 Å². The summed E-state index contributed by atoms with van der Waals surface area (Å²) >= 11 is 2.91. The SMILES string of the molecule is CS(=O)(=O)c1ccc2ncnc(Sc3nccs3)c2c1. The standard InChI is InChI=1S/C12H9N3O2S3/c1-20(16,17)8-2-3-10-9(6-8)11(15-7-14-10)19-12-13-4-5-18-12/h2-7H,1H3. The van der Waals surface area contributed by atoms with Crippen LogP contribution in [0.1, 0.15) is 0 Å². The zero-order valence-electron chi connectivity index (χ0n) is 10.3. The van der Waals surface area contributed by atoms with Crippen molar-refractivity contribution in [3.8, 4) is 0 Å². The van der Waals surface area contributed by atoms with Gasteiger partial charge in [0.25, 0.3) is 0 Å². The third kappa shape index (κ3) is 2.67. The second kappa shape index (κ2) is 5.12. The highest BCUT2D eigenvalue weighted by Crippen LogP contribution is 2.32. The fourth-order valence-electron chi connectivity index (χ4n) is 1.67. The molecule has 5 nitrogen and oxygen atoms in total. The second-order valence-corrected chi connectivity index (χ2v) is 8.18. The van der Waals surface area contributed by atoms with Crippen molar-refractivity contribution in [2.75, 3.05) is 6.26 Å². The highest BCUT2D eigenvalue weighted by atomic mass is 32.2. The van der Waals surface area contributed by atoms with Crippen molar-refractivity contribution >= 4 is 43.8 Å². The van der Waals surface area contributed by atoms with Crippen LogP contribution in [0.5, 0.6) is 0 Å². The van der Waals surface area contributed by atoms with Crippen LogP contribution >= 0.6 is 23.1 Å². The van der Waals surface area contributed by atoms with Crippen LogP contribution in [0.4, 0.5) is 0 Å². The molecule has 0 fully saturated rings. The Morgan fingerprint density at radius 1 is 1.20 bits per heavy atom. The van der Waals surface area contributed by atoms with Gasteiger partial charge in [0.2, 0.25) is 0 Å². The molecule has 0 aliphatic heterocycles. The minimum atomic E-state index is -3.25. The van der Waals surface area contributed by atoms with Crippen molar-refractivity contribution in [1.82, 2.24) is 15.0 Å². The molecule has 0 bridgehead atoms. The zero-order valence-corrected chi connectivity index (χ0v) is 12.8. The molecular formula is C12H9N3O2S3. The minimum absolute atomic E-state index is 0.265. The fourth-order valence-corrected chi connectivity index (χ4v) is 3.92. The Hall–Kier alpha value is -1.51. The summed E-state index contributed by atoms with van der Waals surface area (Å²) in [5.74, 6) is 0. The van der Waals surface area contributed by atoms with Gasteiger partial charge in [-0.3, -0.25) is 0 Å². The third-order valence-electron chi connectivity index (χ3n) is 2.59. The first-order chi connectivity index (χ1) is 9.54. The minimum Gasteiger partial charge on any atom is -0.238 e. The van der Waals surface area contributed by atoms with Crippen molar-refractivity contribution in [3.05, 3.63) is 36.1 Å². The normalized spacial score (nSPS) is 11.8. The molecule has 102 valence electrons. The fraction of sp³-hybridized carbons (Fsp3) is 0.0833. The topological polar surface area (TPSA) is 72.8 Å². The van der Waals surface area contributed by atoms with Gasteiger partial charge in [-0.05, 0) is 30.0 Å². The number of fused-ring (bicyclic) bond motifs is 1. The van der Waals surface area contributed by atoms with E-state index >= 15 is 0 Å². The third-order valence-corrected chi connectivity index (χ3v) is 5.60. The van der Waals surface area contributed by atoms with Crippen LogP contribution in [0, 0.1) is 0 Å². The van der Waals surface area contributed by atoms with Crippen LogP contribution in [0.15, 0.2) is 50.4 Å². The lowest BCUT2D eigenvalue weighted by atomic mass is 10.2. The molecule has 2 aromatic heterocycles. The summed E-state index contributed by atoms with van der Waals surface area (Å²) in [6.45, 7) is 0. The van der Waals surface area contributed by atoms with E-state index in [0.717, 1.165) is 9.73 Å². The Labute approximate surface area is 124 Å². The van der Waals surface area contributed by atoms with Crippen molar-refractivity contribution < 1.29 is 8.42 Å². The zero-order chi connectivity index (χ0) is 14.2. The Kier molecular flexibility index (Phi) is 3.45. The lowest BCUT2D eigenvalue weighted by Crippen LogP contribution is -1.97. The molecule has 8 heteroatoms. The van der Waals surface area contributed by atoms with Gasteiger partial charge in [0, 0.05) is 23.2 Å². The average Bonchev–Trinajstić information content (AvgIpc) is 2.90. The van der Waals surface area contributed by atoms with Gasteiger partial charge in [-0.1, -0.05) is 0 Å². The van der Waals surface area contributed by atoms with Crippen LogP contribution in [-0.4, -0.2) is 29.6 Å². The van der Waals surface area contributed by atoms with Crippen molar-refractivity contribution in [3.63, 3.8) is 0 Å². The number of hydrogen-bond donors (Lipinski definition) is 0. The Morgan fingerprint density at radius 2 is 2.05 bits per heavy atom. The molecule has 0 N–H and O–H groups in total. The predicted octanol–water partition coefficient (Wildman–Crippen LogP) is 2.64. The van der Waals surface area contributed by atoms with E-state index in [4.69, 9.17) is 0 Å². The maximum atomic E-state index is 11.6. The lowest BCUT2D eigenvalue weighted by molar-refractivity contribution is 0.602. The van der Waals surface area contributed by atoms with Gasteiger partial charge in [0.05, 0.1) is 10.4 Å². The lowest BCUT2D eigenvalue weighted by Gasteiger charge is -2.04. The molecule has 2 heterocycles. The van der Waals surface area contributed by atoms with Gasteiger partial charge in [0.1, 0.15) is 11.4 Å². The van der Waals surface area contributed by atoms with Gasteiger partial charge in [-0.2, -0.15) is 0 Å². The molecule has 0 unspecified atom stereocenters. The molecular weight excluding hydrogens is 314 g/mol. The van der Waals surface area contributed by atoms with Crippen LogP contribution in [-0.2, 0) is 9.84 Å². The number of benzene rings is 1. The number of thiazole rings is 1. The number of rotatable bonds is 3. The monoisotopic (exact) mass is 323 g/mol. The summed E-state index contributed by atoms with van der Waals surface area (Å²) < 4.78 is 24.2. The van der Waals surface area contributed by atoms with E-state index < -0.39 is 9.84 Å². The Balaban J connectivity index is 2.16. The molecule has 0 saturated heterocycles. The Morgan fingerprint density at radius 3 is 2.75 bits per heavy atom. The van der Waals surface area contributed by atoms with Gasteiger partial charge >= 0.3 is 0 Å². The molecule has 20 heavy (non-hydrogen) atoms. The van der Waals surface area contributed by atoms with E-state index in [1.54, 1.807) is 24.4 Å². The smallest absolute Gasteiger partial charge is 0.175 e. The number of aromatic nitrogens is 3. The van der Waals surface area contributed by atoms with E-state index in [2.05, 4.69) is 15.0 Å². The summed E-state index contributed by atoms with van der Waals surface area (Å²) in [5, 5.41) is 3.30. The molecule has 0 radical (unpaired) electrons. The quantitative estimate of drug-likeness (QED) is 0.690. The Bertz CT molecular complexity index is 861. The van der Waals surface area contributed by atoms with Crippen LogP contribution < -0.4 is 0 Å². The summed E-state index contributed by atoms with van der Waals surface area (Å²) in [6.07, 6.45) is 4.38. The summed E-state index contributed by atoms with van der Waals surface area (Å²) in [6, 6.07) is 4.86. The first-order valence-electron chi connectivity index (χ1n) is 5.56. The van der Waals surface area contributed by atoms with E-state index in [9.17, 15) is 8.42 Å². The van der Waals surface area contributed by atoms with Crippen molar-refractivity contribution in [2.24, 2.45) is 0 Å². The molecule has 0 amide bonds. The van der Waals surface area contributed by atoms with Crippen LogP contribution in [0.25, 0.3) is 10.9 Å². The molecule has 0 saturated carbocycles. The summed E-state index contributed by atoms with van der Waals surface area (Å²) in [5.41, 5.74) is 0.714. The number of hydrogen-bond acceptors (Lipinski definition) is 7. The first kappa shape index (κ1) is 13.5. The predicted molar refractivity (Wildman–Crippen MR) is 78.9 cm³/mol. The van der Waals surface area contributed by atoms with Gasteiger partial charge < -0.3 is 0 Å². The summed E-state index contributed by atoms with van der Waals surface area (Å²) in [4.78, 5) is 12.8. The molecule has 1 aromatic carbocycles. The maximum Gasteiger partial charge on any atom is 0.175 e. The maximum absolute atomic E-state index is 11.6. The number of sulfone groups is 1. The van der Waals surface area contributed by atoms with E-state index in [0.29, 0.717) is 10.5 Å². The van der Waals surface area contributed by atoms with Gasteiger partial charge in [-0.15, -0.1) is 11.3 Å². The summed E-state index contributed by atoms with van der Waals surface area (Å²) in [7, 11) is -3.25. The van der Waals surface area contributed by atoms with Crippen LogP contribution in [0.3, 0.4) is 0 Å². The molecule has 3 aromatic rings. The second-order valence-electron chi connectivity index (χ2n) is 4.03.